The maximum atomic E-state index is 4.11. The first-order valence-corrected chi connectivity index (χ1v) is 3.61. The van der Waals surface area contributed by atoms with Gasteiger partial charge in [-0.05, 0) is 11.5 Å². The molecular formula is C8H12BN. The highest BCUT2D eigenvalue weighted by Gasteiger charge is 1.97. The lowest BCUT2D eigenvalue weighted by Crippen LogP contribution is -2.04. The number of aromatic nitrogens is 1. The summed E-state index contributed by atoms with van der Waals surface area (Å²) in [5.41, 5.74) is 2.56. The minimum absolute atomic E-state index is 0.590. The van der Waals surface area contributed by atoms with Crippen molar-refractivity contribution in [2.24, 2.45) is 0 Å². The molecule has 0 radical (unpaired) electrons. The van der Waals surface area contributed by atoms with Crippen LogP contribution >= 0.6 is 0 Å². The molecule has 0 atom stereocenters. The average Bonchev–Trinajstić information content (AvgIpc) is 1.88. The fourth-order valence-corrected chi connectivity index (χ4v) is 0.894. The van der Waals surface area contributed by atoms with E-state index in [1.54, 1.807) is 0 Å². The van der Waals surface area contributed by atoms with E-state index in [1.807, 2.05) is 12.4 Å². The normalized spacial score (nSPS) is 10.3. The van der Waals surface area contributed by atoms with Crippen LogP contribution in [-0.4, -0.2) is 12.8 Å². The summed E-state index contributed by atoms with van der Waals surface area (Å²) in [6.45, 7) is 4.35. The zero-order valence-electron chi connectivity index (χ0n) is 6.76. The van der Waals surface area contributed by atoms with Gasteiger partial charge in [0.1, 0.15) is 7.85 Å². The Kier molecular flexibility index (Phi) is 2.10. The van der Waals surface area contributed by atoms with Gasteiger partial charge in [-0.3, -0.25) is 4.98 Å². The number of nitrogens with zero attached hydrogens (tertiary/aromatic N) is 1. The van der Waals surface area contributed by atoms with E-state index >= 15 is 0 Å². The van der Waals surface area contributed by atoms with E-state index in [4.69, 9.17) is 0 Å². The van der Waals surface area contributed by atoms with Gasteiger partial charge in [0.15, 0.2) is 0 Å². The molecule has 0 saturated carbocycles. The monoisotopic (exact) mass is 133 g/mol. The molecule has 1 aromatic heterocycles. The third-order valence-corrected chi connectivity index (χ3v) is 1.56. The molecule has 1 nitrogen and oxygen atoms in total. The molecule has 0 bridgehead atoms. The van der Waals surface area contributed by atoms with E-state index in [0.717, 1.165) is 0 Å². The number of rotatable bonds is 1. The van der Waals surface area contributed by atoms with Crippen LogP contribution in [0.15, 0.2) is 18.5 Å². The van der Waals surface area contributed by atoms with Gasteiger partial charge in [-0.15, -0.1) is 0 Å². The van der Waals surface area contributed by atoms with Crippen LogP contribution in [-0.2, 0) is 0 Å². The summed E-state index contributed by atoms with van der Waals surface area (Å²) in [7, 11) is 2.07. The highest BCUT2D eigenvalue weighted by Crippen LogP contribution is 2.09. The fourth-order valence-electron chi connectivity index (χ4n) is 0.894. The molecule has 0 aliphatic carbocycles. The molecule has 0 amide bonds. The fraction of sp³-hybridized carbons (Fsp3) is 0.375. The van der Waals surface area contributed by atoms with Crippen molar-refractivity contribution in [2.75, 3.05) is 0 Å². The molecule has 0 aliphatic rings. The SMILES string of the molecule is Bc1cncc(C(C)C)c1. The van der Waals surface area contributed by atoms with Crippen molar-refractivity contribution in [3.8, 4) is 0 Å². The van der Waals surface area contributed by atoms with Gasteiger partial charge >= 0.3 is 0 Å². The average molecular weight is 133 g/mol. The van der Waals surface area contributed by atoms with E-state index in [0.29, 0.717) is 5.92 Å². The van der Waals surface area contributed by atoms with Crippen LogP contribution in [0, 0.1) is 0 Å². The zero-order valence-corrected chi connectivity index (χ0v) is 6.76. The molecule has 1 heterocycles. The van der Waals surface area contributed by atoms with Crippen molar-refractivity contribution in [1.29, 1.82) is 0 Å². The van der Waals surface area contributed by atoms with Gasteiger partial charge in [0.05, 0.1) is 0 Å². The Labute approximate surface area is 62.9 Å². The van der Waals surface area contributed by atoms with Crippen molar-refractivity contribution >= 4 is 13.3 Å². The third kappa shape index (κ3) is 1.60. The Morgan fingerprint density at radius 3 is 2.50 bits per heavy atom. The van der Waals surface area contributed by atoms with Gasteiger partial charge in [-0.2, -0.15) is 0 Å². The molecule has 2 heteroatoms. The van der Waals surface area contributed by atoms with E-state index in [1.165, 1.54) is 11.0 Å². The van der Waals surface area contributed by atoms with Gasteiger partial charge in [0, 0.05) is 12.4 Å². The van der Waals surface area contributed by atoms with Crippen LogP contribution < -0.4 is 5.46 Å². The molecule has 0 unspecified atom stereocenters. The molecule has 0 spiro atoms. The lowest BCUT2D eigenvalue weighted by atomic mass is 9.94. The zero-order chi connectivity index (χ0) is 7.56. The number of hydrogen-bond donors (Lipinski definition) is 0. The van der Waals surface area contributed by atoms with E-state index < -0.39 is 0 Å². The standard InChI is InChI=1S/C8H12BN/c1-6(2)7-3-8(9)5-10-4-7/h3-6H,9H2,1-2H3. The quantitative estimate of drug-likeness (QED) is 0.507. The predicted molar refractivity (Wildman–Crippen MR) is 46.5 cm³/mol. The van der Waals surface area contributed by atoms with Crippen LogP contribution in [0.25, 0.3) is 0 Å². The second-order valence-electron chi connectivity index (χ2n) is 2.95. The van der Waals surface area contributed by atoms with Crippen LogP contribution in [0.1, 0.15) is 25.3 Å². The molecule has 0 aromatic carbocycles. The lowest BCUT2D eigenvalue weighted by Gasteiger charge is -2.03. The Hall–Kier alpha value is -0.785. The van der Waals surface area contributed by atoms with E-state index in [-0.39, 0.29) is 0 Å². The van der Waals surface area contributed by atoms with Crippen LogP contribution in [0.4, 0.5) is 0 Å². The van der Waals surface area contributed by atoms with Gasteiger partial charge in [0.25, 0.3) is 0 Å². The summed E-state index contributed by atoms with van der Waals surface area (Å²) in [6.07, 6.45) is 3.81. The summed E-state index contributed by atoms with van der Waals surface area (Å²) < 4.78 is 0. The van der Waals surface area contributed by atoms with Crippen LogP contribution in [0.5, 0.6) is 0 Å². The molecule has 0 N–H and O–H groups in total. The highest BCUT2D eigenvalue weighted by molar-refractivity contribution is 6.32. The minimum atomic E-state index is 0.590. The first-order chi connectivity index (χ1) is 4.70. The Morgan fingerprint density at radius 2 is 2.10 bits per heavy atom. The second-order valence-corrected chi connectivity index (χ2v) is 2.95. The van der Waals surface area contributed by atoms with Crippen molar-refractivity contribution in [1.82, 2.24) is 4.98 Å². The van der Waals surface area contributed by atoms with Crippen molar-refractivity contribution in [2.45, 2.75) is 19.8 Å². The summed E-state index contributed by atoms with van der Waals surface area (Å²) in [5, 5.41) is 0. The van der Waals surface area contributed by atoms with Crippen molar-refractivity contribution < 1.29 is 0 Å². The molecule has 0 aliphatic heterocycles. The van der Waals surface area contributed by atoms with E-state index in [9.17, 15) is 0 Å². The third-order valence-electron chi connectivity index (χ3n) is 1.56. The Bertz CT molecular complexity index is 220. The molecule has 0 fully saturated rings. The highest BCUT2D eigenvalue weighted by atomic mass is 14.6. The largest absolute Gasteiger partial charge is 0.265 e. The summed E-state index contributed by atoms with van der Waals surface area (Å²) in [5.74, 6) is 0.590. The lowest BCUT2D eigenvalue weighted by molar-refractivity contribution is 0.860. The van der Waals surface area contributed by atoms with E-state index in [2.05, 4.69) is 32.7 Å². The Balaban J connectivity index is 2.96. The Morgan fingerprint density at radius 1 is 1.40 bits per heavy atom. The first-order valence-electron chi connectivity index (χ1n) is 3.61. The van der Waals surface area contributed by atoms with Gasteiger partial charge in [0.2, 0.25) is 0 Å². The molecule has 1 rings (SSSR count). The van der Waals surface area contributed by atoms with Gasteiger partial charge < -0.3 is 0 Å². The van der Waals surface area contributed by atoms with Crippen molar-refractivity contribution in [3.63, 3.8) is 0 Å². The summed E-state index contributed by atoms with van der Waals surface area (Å²) in [6, 6.07) is 2.18. The summed E-state index contributed by atoms with van der Waals surface area (Å²) >= 11 is 0. The number of hydrogen-bond acceptors (Lipinski definition) is 1. The molecule has 52 valence electrons. The maximum absolute atomic E-state index is 4.11. The number of pyridine rings is 1. The van der Waals surface area contributed by atoms with Gasteiger partial charge in [-0.25, -0.2) is 0 Å². The van der Waals surface area contributed by atoms with Gasteiger partial charge in [-0.1, -0.05) is 25.4 Å². The smallest absolute Gasteiger partial charge is 0.141 e. The van der Waals surface area contributed by atoms with Crippen LogP contribution in [0.2, 0.25) is 0 Å². The maximum Gasteiger partial charge on any atom is 0.141 e. The molecule has 10 heavy (non-hydrogen) atoms. The summed E-state index contributed by atoms with van der Waals surface area (Å²) in [4.78, 5) is 4.11. The molecule has 0 saturated heterocycles. The first kappa shape index (κ1) is 7.32. The topological polar surface area (TPSA) is 12.9 Å². The molecular weight excluding hydrogens is 121 g/mol. The minimum Gasteiger partial charge on any atom is -0.265 e. The second kappa shape index (κ2) is 2.87. The van der Waals surface area contributed by atoms with Crippen molar-refractivity contribution in [3.05, 3.63) is 24.0 Å². The molecule has 1 aromatic rings. The predicted octanol–water partition coefficient (Wildman–Crippen LogP) is 0.463. The van der Waals surface area contributed by atoms with Crippen LogP contribution in [0.3, 0.4) is 0 Å².